The van der Waals surface area contributed by atoms with Crippen molar-refractivity contribution in [1.29, 1.82) is 0 Å². The molecule has 0 aromatic carbocycles. The largest absolute Gasteiger partial charge is 0.368 e. The Balaban J connectivity index is 1.72. The van der Waals surface area contributed by atoms with Crippen LogP contribution in [0.25, 0.3) is 0 Å². The van der Waals surface area contributed by atoms with E-state index in [9.17, 15) is 0 Å². The van der Waals surface area contributed by atoms with Crippen molar-refractivity contribution in [3.63, 3.8) is 0 Å². The van der Waals surface area contributed by atoms with Gasteiger partial charge in [0.1, 0.15) is 0 Å². The number of nitrogen functional groups attached to an aromatic ring is 1. The van der Waals surface area contributed by atoms with Gasteiger partial charge >= 0.3 is 0 Å². The van der Waals surface area contributed by atoms with Crippen molar-refractivity contribution in [1.82, 2.24) is 19.9 Å². The summed E-state index contributed by atoms with van der Waals surface area (Å²) in [6, 6.07) is 0.985. The molecule has 7 heteroatoms. The summed E-state index contributed by atoms with van der Waals surface area (Å²) in [7, 11) is 0. The molecule has 0 radical (unpaired) electrons. The number of nitrogens with zero attached hydrogens (tertiary/aromatic N) is 4. The highest BCUT2D eigenvalue weighted by Crippen LogP contribution is 2.28. The van der Waals surface area contributed by atoms with Gasteiger partial charge in [0.2, 0.25) is 17.2 Å². The van der Waals surface area contributed by atoms with E-state index in [0.29, 0.717) is 18.0 Å². The predicted molar refractivity (Wildman–Crippen MR) is 70.5 cm³/mol. The summed E-state index contributed by atoms with van der Waals surface area (Å²) < 4.78 is 0. The van der Waals surface area contributed by atoms with Gasteiger partial charge in [-0.15, -0.1) is 0 Å². The molecule has 2 fully saturated rings. The van der Waals surface area contributed by atoms with Gasteiger partial charge < -0.3 is 11.1 Å². The number of hydrogen-bond acceptors (Lipinski definition) is 6. The summed E-state index contributed by atoms with van der Waals surface area (Å²) in [5, 5.41) is 3.50. The van der Waals surface area contributed by atoms with Crippen molar-refractivity contribution >= 4 is 23.5 Å². The highest BCUT2D eigenvalue weighted by molar-refractivity contribution is 6.28. The van der Waals surface area contributed by atoms with Gasteiger partial charge in [-0.3, -0.25) is 4.90 Å². The highest BCUT2D eigenvalue weighted by atomic mass is 35.5. The molecule has 2 aliphatic heterocycles. The zero-order chi connectivity index (χ0) is 12.5. The van der Waals surface area contributed by atoms with Gasteiger partial charge in [0, 0.05) is 18.6 Å². The van der Waals surface area contributed by atoms with Crippen molar-refractivity contribution in [3.8, 4) is 0 Å². The van der Waals surface area contributed by atoms with Gasteiger partial charge in [0.25, 0.3) is 0 Å². The smallest absolute Gasteiger partial charge is 0.229 e. The molecule has 3 rings (SSSR count). The number of rotatable bonds is 2. The Morgan fingerprint density at radius 2 is 2.06 bits per heavy atom. The predicted octanol–water partition coefficient (Wildman–Crippen LogP) is 1.15. The number of anilines is 2. The Bertz CT molecular complexity index is 419. The second-order valence-electron chi connectivity index (χ2n) is 4.92. The molecule has 0 saturated carbocycles. The number of aromatic nitrogens is 3. The average Bonchev–Trinajstić information content (AvgIpc) is 2.72. The third-order valence-electron chi connectivity index (χ3n) is 3.80. The van der Waals surface area contributed by atoms with Crippen molar-refractivity contribution < 1.29 is 0 Å². The fraction of sp³-hybridized carbons (Fsp3) is 0.727. The minimum Gasteiger partial charge on any atom is -0.368 e. The van der Waals surface area contributed by atoms with Crippen molar-refractivity contribution in [2.75, 3.05) is 24.1 Å². The van der Waals surface area contributed by atoms with Gasteiger partial charge in [-0.1, -0.05) is 6.42 Å². The second kappa shape index (κ2) is 4.85. The normalized spacial score (nSPS) is 28.1. The molecule has 0 aliphatic carbocycles. The van der Waals surface area contributed by atoms with Crippen molar-refractivity contribution in [2.45, 2.75) is 37.8 Å². The second-order valence-corrected chi connectivity index (χ2v) is 5.26. The first-order chi connectivity index (χ1) is 8.72. The zero-order valence-corrected chi connectivity index (χ0v) is 10.9. The maximum Gasteiger partial charge on any atom is 0.229 e. The molecule has 18 heavy (non-hydrogen) atoms. The van der Waals surface area contributed by atoms with Crippen LogP contribution in [0.15, 0.2) is 0 Å². The van der Waals surface area contributed by atoms with Crippen LogP contribution in [0.2, 0.25) is 5.28 Å². The molecular formula is C11H17ClN6. The minimum absolute atomic E-state index is 0.142. The van der Waals surface area contributed by atoms with Crippen LogP contribution in [0, 0.1) is 0 Å². The van der Waals surface area contributed by atoms with E-state index in [-0.39, 0.29) is 11.2 Å². The molecular weight excluding hydrogens is 252 g/mol. The Morgan fingerprint density at radius 3 is 2.89 bits per heavy atom. The van der Waals surface area contributed by atoms with Crippen LogP contribution in [0.4, 0.5) is 11.9 Å². The van der Waals surface area contributed by atoms with Crippen molar-refractivity contribution in [3.05, 3.63) is 5.28 Å². The summed E-state index contributed by atoms with van der Waals surface area (Å²) in [5.41, 5.74) is 5.57. The maximum atomic E-state index is 5.78. The quantitative estimate of drug-likeness (QED) is 0.838. The molecule has 3 N–H and O–H groups in total. The standard InChI is InChI=1S/C11H17ClN6/c12-9-15-10(13)17-11(16-9)14-7-4-6-18-5-2-1-3-8(7)18/h7-8H,1-6H2,(H3,13,14,15,16,17). The molecule has 0 amide bonds. The van der Waals surface area contributed by atoms with Crippen LogP contribution >= 0.6 is 11.6 Å². The molecule has 0 bridgehead atoms. The topological polar surface area (TPSA) is 80.0 Å². The van der Waals surface area contributed by atoms with E-state index in [1.54, 1.807) is 0 Å². The molecule has 6 nitrogen and oxygen atoms in total. The molecule has 1 aromatic rings. The van der Waals surface area contributed by atoms with E-state index in [0.717, 1.165) is 13.0 Å². The number of nitrogens with two attached hydrogens (primary N) is 1. The number of fused-ring (bicyclic) bond motifs is 1. The summed E-state index contributed by atoms with van der Waals surface area (Å²) in [6.07, 6.45) is 4.98. The van der Waals surface area contributed by atoms with E-state index in [1.165, 1.54) is 25.8 Å². The third-order valence-corrected chi connectivity index (χ3v) is 3.96. The van der Waals surface area contributed by atoms with Crippen LogP contribution in [-0.4, -0.2) is 45.0 Å². The molecule has 98 valence electrons. The lowest BCUT2D eigenvalue weighted by Crippen LogP contribution is -2.42. The van der Waals surface area contributed by atoms with Crippen LogP contribution in [-0.2, 0) is 0 Å². The fourth-order valence-corrected chi connectivity index (χ4v) is 3.18. The molecule has 2 atom stereocenters. The first-order valence-electron chi connectivity index (χ1n) is 6.40. The summed E-state index contributed by atoms with van der Waals surface area (Å²) >= 11 is 5.78. The fourth-order valence-electron chi connectivity index (χ4n) is 3.01. The van der Waals surface area contributed by atoms with Gasteiger partial charge in [-0.05, 0) is 37.4 Å². The van der Waals surface area contributed by atoms with Gasteiger partial charge in [0.05, 0.1) is 0 Å². The molecule has 1 aromatic heterocycles. The SMILES string of the molecule is Nc1nc(Cl)nc(NC2CCN3CCCCC23)n1. The monoisotopic (exact) mass is 268 g/mol. The first kappa shape index (κ1) is 11.9. The van der Waals surface area contributed by atoms with Crippen LogP contribution in [0.1, 0.15) is 25.7 Å². The van der Waals surface area contributed by atoms with Crippen LogP contribution < -0.4 is 11.1 Å². The molecule has 2 saturated heterocycles. The highest BCUT2D eigenvalue weighted by Gasteiger charge is 2.35. The van der Waals surface area contributed by atoms with E-state index < -0.39 is 0 Å². The number of halogens is 1. The Morgan fingerprint density at radius 1 is 1.17 bits per heavy atom. The molecule has 3 heterocycles. The number of hydrogen-bond donors (Lipinski definition) is 2. The van der Waals surface area contributed by atoms with Gasteiger partial charge in [0.15, 0.2) is 0 Å². The Labute approximate surface area is 111 Å². The number of nitrogens with one attached hydrogen (secondary N) is 1. The van der Waals surface area contributed by atoms with E-state index in [4.69, 9.17) is 17.3 Å². The summed E-state index contributed by atoms with van der Waals surface area (Å²) in [5.74, 6) is 0.654. The summed E-state index contributed by atoms with van der Waals surface area (Å²) in [4.78, 5) is 14.5. The Hall–Kier alpha value is -1.14. The zero-order valence-electron chi connectivity index (χ0n) is 10.1. The molecule has 2 aliphatic rings. The summed E-state index contributed by atoms with van der Waals surface area (Å²) in [6.45, 7) is 2.36. The maximum absolute atomic E-state index is 5.78. The lowest BCUT2D eigenvalue weighted by molar-refractivity contribution is 0.192. The van der Waals surface area contributed by atoms with E-state index >= 15 is 0 Å². The third kappa shape index (κ3) is 2.35. The minimum atomic E-state index is 0.142. The van der Waals surface area contributed by atoms with Crippen LogP contribution in [0.3, 0.4) is 0 Å². The van der Waals surface area contributed by atoms with E-state index in [2.05, 4.69) is 25.2 Å². The first-order valence-corrected chi connectivity index (χ1v) is 6.78. The van der Waals surface area contributed by atoms with Gasteiger partial charge in [-0.25, -0.2) is 0 Å². The van der Waals surface area contributed by atoms with Crippen LogP contribution in [0.5, 0.6) is 0 Å². The van der Waals surface area contributed by atoms with Gasteiger partial charge in [-0.2, -0.15) is 15.0 Å². The van der Waals surface area contributed by atoms with Crippen molar-refractivity contribution in [2.24, 2.45) is 0 Å². The number of piperidine rings is 1. The lowest BCUT2D eigenvalue weighted by atomic mass is 9.99. The Kier molecular flexibility index (Phi) is 3.22. The molecule has 0 spiro atoms. The van der Waals surface area contributed by atoms with E-state index in [1.807, 2.05) is 0 Å². The average molecular weight is 269 g/mol. The molecule has 2 unspecified atom stereocenters. The lowest BCUT2D eigenvalue weighted by Gasteiger charge is -2.32.